The van der Waals surface area contributed by atoms with Crippen LogP contribution in [-0.2, 0) is 16.1 Å². The average Bonchev–Trinajstić information content (AvgIpc) is 2.97. The molecular formula is C15H18F3NO2. The van der Waals surface area contributed by atoms with Gasteiger partial charge in [-0.15, -0.1) is 0 Å². The molecule has 21 heavy (non-hydrogen) atoms. The Hall–Kier alpha value is -1.56. The summed E-state index contributed by atoms with van der Waals surface area (Å²) in [6.07, 6.45) is -4.52. The molecule has 3 nitrogen and oxygen atoms in total. The Balaban J connectivity index is 2.03. The molecule has 1 aliphatic rings. The summed E-state index contributed by atoms with van der Waals surface area (Å²) >= 11 is 0. The van der Waals surface area contributed by atoms with Gasteiger partial charge < -0.3 is 9.64 Å². The molecule has 0 radical (unpaired) electrons. The molecule has 0 unspecified atom stereocenters. The second kappa shape index (κ2) is 6.93. The van der Waals surface area contributed by atoms with Crippen LogP contribution < -0.4 is 0 Å². The number of halogens is 3. The Bertz CT molecular complexity index is 456. The standard InChI is InChI=1S/C15H18F3NO2/c16-15(17,18)8-9-19(11-12-5-2-1-3-6-12)14(20)13-7-4-10-21-13/h1-3,5-6,13H,4,7-11H2/t13-/m0/s1. The van der Waals surface area contributed by atoms with E-state index in [1.54, 1.807) is 24.3 Å². The molecule has 1 aromatic carbocycles. The minimum absolute atomic E-state index is 0.176. The fourth-order valence-electron chi connectivity index (χ4n) is 2.31. The molecule has 1 atom stereocenters. The Morgan fingerprint density at radius 2 is 2.00 bits per heavy atom. The fraction of sp³-hybridized carbons (Fsp3) is 0.533. The predicted molar refractivity (Wildman–Crippen MR) is 71.5 cm³/mol. The van der Waals surface area contributed by atoms with E-state index < -0.39 is 18.7 Å². The zero-order chi connectivity index (χ0) is 15.3. The highest BCUT2D eigenvalue weighted by Gasteiger charge is 2.32. The molecule has 1 saturated heterocycles. The zero-order valence-corrected chi connectivity index (χ0v) is 11.6. The highest BCUT2D eigenvalue weighted by molar-refractivity contribution is 5.81. The topological polar surface area (TPSA) is 29.5 Å². The maximum atomic E-state index is 12.4. The van der Waals surface area contributed by atoms with E-state index in [1.165, 1.54) is 4.90 Å². The van der Waals surface area contributed by atoms with Gasteiger partial charge in [0.05, 0.1) is 6.42 Å². The number of carbonyl (C=O) groups is 1. The minimum Gasteiger partial charge on any atom is -0.368 e. The number of amides is 1. The van der Waals surface area contributed by atoms with Crippen LogP contribution in [0.1, 0.15) is 24.8 Å². The van der Waals surface area contributed by atoms with Gasteiger partial charge in [0.2, 0.25) is 0 Å². The van der Waals surface area contributed by atoms with Crippen molar-refractivity contribution in [1.29, 1.82) is 0 Å². The van der Waals surface area contributed by atoms with Gasteiger partial charge in [-0.05, 0) is 18.4 Å². The average molecular weight is 301 g/mol. The molecule has 6 heteroatoms. The number of hydrogen-bond acceptors (Lipinski definition) is 2. The SMILES string of the molecule is O=C([C@@H]1CCCO1)N(CCC(F)(F)F)Cc1ccccc1. The number of hydrogen-bond donors (Lipinski definition) is 0. The van der Waals surface area contributed by atoms with Gasteiger partial charge in [-0.1, -0.05) is 30.3 Å². The van der Waals surface area contributed by atoms with Crippen LogP contribution in [0, 0.1) is 0 Å². The van der Waals surface area contributed by atoms with Gasteiger partial charge in [0, 0.05) is 19.7 Å². The summed E-state index contributed by atoms with van der Waals surface area (Å²) in [6, 6.07) is 9.01. The normalized spacial score (nSPS) is 18.7. The van der Waals surface area contributed by atoms with Crippen LogP contribution in [0.25, 0.3) is 0 Å². The van der Waals surface area contributed by atoms with Crippen LogP contribution in [-0.4, -0.2) is 36.2 Å². The zero-order valence-electron chi connectivity index (χ0n) is 11.6. The van der Waals surface area contributed by atoms with Gasteiger partial charge in [0.1, 0.15) is 6.10 Å². The second-order valence-corrected chi connectivity index (χ2v) is 5.11. The summed E-state index contributed by atoms with van der Waals surface area (Å²) in [4.78, 5) is 13.5. The summed E-state index contributed by atoms with van der Waals surface area (Å²) in [6.45, 7) is 0.335. The van der Waals surface area contributed by atoms with Crippen molar-refractivity contribution in [2.24, 2.45) is 0 Å². The highest BCUT2D eigenvalue weighted by atomic mass is 19.4. The summed E-state index contributed by atoms with van der Waals surface area (Å²) in [5.74, 6) is -0.347. The molecule has 1 amide bonds. The number of alkyl halides is 3. The van der Waals surface area contributed by atoms with Crippen LogP contribution in [0.3, 0.4) is 0 Å². The smallest absolute Gasteiger partial charge is 0.368 e. The van der Waals surface area contributed by atoms with Crippen molar-refractivity contribution < 1.29 is 22.7 Å². The third-order valence-electron chi connectivity index (χ3n) is 3.40. The predicted octanol–water partition coefficient (Wildman–Crippen LogP) is 3.15. The van der Waals surface area contributed by atoms with Crippen molar-refractivity contribution in [3.8, 4) is 0 Å². The van der Waals surface area contributed by atoms with Crippen molar-refractivity contribution in [2.45, 2.75) is 38.1 Å². The van der Waals surface area contributed by atoms with E-state index in [0.29, 0.717) is 13.0 Å². The summed E-state index contributed by atoms with van der Waals surface area (Å²) in [5.41, 5.74) is 0.811. The summed E-state index contributed by atoms with van der Waals surface area (Å²) in [5, 5.41) is 0. The molecule has 0 bridgehead atoms. The number of carbonyl (C=O) groups excluding carboxylic acids is 1. The third-order valence-corrected chi connectivity index (χ3v) is 3.40. The van der Waals surface area contributed by atoms with Crippen molar-refractivity contribution in [3.05, 3.63) is 35.9 Å². The van der Waals surface area contributed by atoms with E-state index in [9.17, 15) is 18.0 Å². The first-order chi connectivity index (χ1) is 9.96. The van der Waals surface area contributed by atoms with Crippen LogP contribution in [0.5, 0.6) is 0 Å². The van der Waals surface area contributed by atoms with E-state index in [2.05, 4.69) is 0 Å². The fourth-order valence-corrected chi connectivity index (χ4v) is 2.31. The molecule has 1 heterocycles. The number of benzene rings is 1. The highest BCUT2D eigenvalue weighted by Crippen LogP contribution is 2.22. The number of ether oxygens (including phenoxy) is 1. The maximum Gasteiger partial charge on any atom is 0.390 e. The monoisotopic (exact) mass is 301 g/mol. The van der Waals surface area contributed by atoms with E-state index in [1.807, 2.05) is 6.07 Å². The van der Waals surface area contributed by atoms with Crippen molar-refractivity contribution in [1.82, 2.24) is 4.90 Å². The van der Waals surface area contributed by atoms with Crippen LogP contribution in [0.2, 0.25) is 0 Å². The van der Waals surface area contributed by atoms with E-state index in [0.717, 1.165) is 12.0 Å². The lowest BCUT2D eigenvalue weighted by Crippen LogP contribution is -2.40. The van der Waals surface area contributed by atoms with Gasteiger partial charge in [0.25, 0.3) is 5.91 Å². The lowest BCUT2D eigenvalue weighted by molar-refractivity contribution is -0.151. The first kappa shape index (κ1) is 15.8. The molecule has 0 aromatic heterocycles. The molecule has 1 aromatic rings. The Morgan fingerprint density at radius 1 is 1.29 bits per heavy atom. The first-order valence-corrected chi connectivity index (χ1v) is 6.97. The van der Waals surface area contributed by atoms with Crippen molar-refractivity contribution in [3.63, 3.8) is 0 Å². The van der Waals surface area contributed by atoms with E-state index in [4.69, 9.17) is 4.74 Å². The molecule has 116 valence electrons. The van der Waals surface area contributed by atoms with Gasteiger partial charge in [0.15, 0.2) is 0 Å². The van der Waals surface area contributed by atoms with Crippen LogP contribution in [0.15, 0.2) is 30.3 Å². The first-order valence-electron chi connectivity index (χ1n) is 6.97. The number of rotatable bonds is 5. The van der Waals surface area contributed by atoms with E-state index >= 15 is 0 Å². The maximum absolute atomic E-state index is 12.4. The summed E-state index contributed by atoms with van der Waals surface area (Å²) < 4.78 is 42.6. The quantitative estimate of drug-likeness (QED) is 0.836. The van der Waals surface area contributed by atoms with Crippen molar-refractivity contribution in [2.75, 3.05) is 13.2 Å². The second-order valence-electron chi connectivity index (χ2n) is 5.11. The lowest BCUT2D eigenvalue weighted by atomic mass is 10.1. The molecule has 2 rings (SSSR count). The van der Waals surface area contributed by atoms with Gasteiger partial charge >= 0.3 is 6.18 Å². The largest absolute Gasteiger partial charge is 0.390 e. The van der Waals surface area contributed by atoms with Gasteiger partial charge in [-0.25, -0.2) is 0 Å². The molecule has 0 saturated carbocycles. The molecule has 0 spiro atoms. The van der Waals surface area contributed by atoms with Crippen LogP contribution in [0.4, 0.5) is 13.2 Å². The molecule has 0 N–H and O–H groups in total. The van der Waals surface area contributed by atoms with Crippen molar-refractivity contribution >= 4 is 5.91 Å². The Kier molecular flexibility index (Phi) is 5.22. The number of nitrogens with zero attached hydrogens (tertiary/aromatic N) is 1. The molecule has 1 fully saturated rings. The Labute approximate surface area is 121 Å². The molecular weight excluding hydrogens is 283 g/mol. The minimum atomic E-state index is -4.27. The van der Waals surface area contributed by atoms with Crippen LogP contribution >= 0.6 is 0 Å². The Morgan fingerprint density at radius 3 is 2.57 bits per heavy atom. The lowest BCUT2D eigenvalue weighted by Gasteiger charge is -2.26. The third kappa shape index (κ3) is 5.04. The molecule has 0 aliphatic carbocycles. The summed E-state index contributed by atoms with van der Waals surface area (Å²) in [7, 11) is 0. The van der Waals surface area contributed by atoms with Gasteiger partial charge in [-0.3, -0.25) is 4.79 Å². The van der Waals surface area contributed by atoms with Gasteiger partial charge in [-0.2, -0.15) is 13.2 Å². The molecule has 1 aliphatic heterocycles. The van der Waals surface area contributed by atoms with E-state index in [-0.39, 0.29) is 19.0 Å².